The zero-order valence-electron chi connectivity index (χ0n) is 9.10. The van der Waals surface area contributed by atoms with Gasteiger partial charge in [0.05, 0.1) is 17.7 Å². The molecule has 0 aliphatic heterocycles. The predicted octanol–water partition coefficient (Wildman–Crippen LogP) is 1.64. The van der Waals surface area contributed by atoms with Crippen molar-refractivity contribution in [3.63, 3.8) is 0 Å². The lowest BCUT2D eigenvalue weighted by Gasteiger charge is -2.06. The van der Waals surface area contributed by atoms with Gasteiger partial charge in [0.25, 0.3) is 0 Å². The Morgan fingerprint density at radius 1 is 1.59 bits per heavy atom. The molecule has 0 saturated carbocycles. The molecule has 90 valence electrons. The van der Waals surface area contributed by atoms with Gasteiger partial charge in [0.15, 0.2) is 5.58 Å². The number of hydrogen-bond donors (Lipinski definition) is 2. The average Bonchev–Trinajstić information content (AvgIpc) is 2.84. The molecule has 2 N–H and O–H groups in total. The highest BCUT2D eigenvalue weighted by molar-refractivity contribution is 5.93. The van der Waals surface area contributed by atoms with Crippen LogP contribution in [-0.4, -0.2) is 28.6 Å². The number of aromatic nitrogens is 1. The van der Waals surface area contributed by atoms with Gasteiger partial charge in [-0.3, -0.25) is 4.79 Å². The Kier molecular flexibility index (Phi) is 2.86. The Bertz CT molecular complexity index is 524. The number of carbonyl (C=O) groups excluding carboxylic acids is 1. The summed E-state index contributed by atoms with van der Waals surface area (Å²) in [5, 5.41) is 8.63. The topological polar surface area (TPSA) is 92.5 Å². The fraction of sp³-hybridized carbons (Fsp3) is 0.273. The van der Waals surface area contributed by atoms with Crippen molar-refractivity contribution < 1.29 is 23.8 Å². The molecule has 0 aliphatic rings. The molecule has 6 nitrogen and oxygen atoms in total. The number of aromatic amines is 1. The molecule has 0 saturated heterocycles. The van der Waals surface area contributed by atoms with Gasteiger partial charge < -0.3 is 19.2 Å². The van der Waals surface area contributed by atoms with Gasteiger partial charge in [-0.1, -0.05) is 0 Å². The molecule has 6 heteroatoms. The molecule has 0 fully saturated rings. The lowest BCUT2D eigenvalue weighted by atomic mass is 10.2. The van der Waals surface area contributed by atoms with E-state index in [9.17, 15) is 9.59 Å². The minimum atomic E-state index is -1.00. The number of esters is 1. The van der Waals surface area contributed by atoms with Crippen LogP contribution in [0.2, 0.25) is 0 Å². The number of hydrogen-bond acceptors (Lipinski definition) is 4. The molecule has 0 aromatic carbocycles. The molecule has 2 aromatic heterocycles. The van der Waals surface area contributed by atoms with Crippen LogP contribution in [0.4, 0.5) is 0 Å². The van der Waals surface area contributed by atoms with E-state index in [2.05, 4.69) is 4.98 Å². The van der Waals surface area contributed by atoms with Gasteiger partial charge in [-0.15, -0.1) is 0 Å². The van der Waals surface area contributed by atoms with Crippen LogP contribution in [0.1, 0.15) is 17.4 Å². The van der Waals surface area contributed by atoms with E-state index in [4.69, 9.17) is 14.3 Å². The standard InChI is InChI=1S/C11H11NO5/c1-6(10(13)14)5-17-11(15)8-4-9-7(12-8)2-3-16-9/h2-4,6,12H,5H2,1H3,(H,13,14). The largest absolute Gasteiger partial charge is 0.481 e. The molecule has 0 amide bonds. The minimum absolute atomic E-state index is 0.158. The normalized spacial score (nSPS) is 12.5. The highest BCUT2D eigenvalue weighted by Gasteiger charge is 2.16. The third-order valence-electron chi connectivity index (χ3n) is 2.35. The number of carboxylic acid groups (broad SMARTS) is 1. The van der Waals surface area contributed by atoms with E-state index in [0.717, 1.165) is 0 Å². The first-order valence-electron chi connectivity index (χ1n) is 5.04. The zero-order chi connectivity index (χ0) is 12.4. The highest BCUT2D eigenvalue weighted by Crippen LogP contribution is 2.16. The third kappa shape index (κ3) is 2.30. The Labute approximate surface area is 96.2 Å². The van der Waals surface area contributed by atoms with E-state index >= 15 is 0 Å². The van der Waals surface area contributed by atoms with Crippen molar-refractivity contribution >= 4 is 23.0 Å². The summed E-state index contributed by atoms with van der Waals surface area (Å²) in [6.45, 7) is 1.31. The van der Waals surface area contributed by atoms with Crippen LogP contribution < -0.4 is 0 Å². The van der Waals surface area contributed by atoms with Crippen LogP contribution in [0.25, 0.3) is 11.1 Å². The van der Waals surface area contributed by atoms with Crippen LogP contribution >= 0.6 is 0 Å². The van der Waals surface area contributed by atoms with Gasteiger partial charge >= 0.3 is 11.9 Å². The maximum atomic E-state index is 11.6. The number of carboxylic acids is 1. The van der Waals surface area contributed by atoms with Crippen molar-refractivity contribution in [2.45, 2.75) is 6.92 Å². The van der Waals surface area contributed by atoms with Gasteiger partial charge in [0.1, 0.15) is 12.3 Å². The minimum Gasteiger partial charge on any atom is -0.481 e. The van der Waals surface area contributed by atoms with Crippen molar-refractivity contribution in [1.29, 1.82) is 0 Å². The summed E-state index contributed by atoms with van der Waals surface area (Å²) >= 11 is 0. The van der Waals surface area contributed by atoms with E-state index in [1.165, 1.54) is 19.3 Å². The average molecular weight is 237 g/mol. The number of nitrogens with one attached hydrogen (secondary N) is 1. The summed E-state index contributed by atoms with van der Waals surface area (Å²) in [5.74, 6) is -2.32. The molecule has 2 heterocycles. The van der Waals surface area contributed by atoms with Crippen LogP contribution in [0, 0.1) is 5.92 Å². The number of rotatable bonds is 4. The zero-order valence-corrected chi connectivity index (χ0v) is 9.10. The first-order valence-corrected chi connectivity index (χ1v) is 5.04. The number of fused-ring (bicyclic) bond motifs is 1. The fourth-order valence-corrected chi connectivity index (χ4v) is 1.31. The summed E-state index contributed by atoms with van der Waals surface area (Å²) in [5.41, 5.74) is 1.50. The number of furan rings is 1. The number of H-pyrrole nitrogens is 1. The van der Waals surface area contributed by atoms with E-state index in [-0.39, 0.29) is 12.3 Å². The molecule has 0 radical (unpaired) electrons. The van der Waals surface area contributed by atoms with Crippen molar-refractivity contribution in [2.24, 2.45) is 5.92 Å². The maximum Gasteiger partial charge on any atom is 0.354 e. The van der Waals surface area contributed by atoms with Crippen molar-refractivity contribution in [3.8, 4) is 0 Å². The predicted molar refractivity (Wildman–Crippen MR) is 57.6 cm³/mol. The highest BCUT2D eigenvalue weighted by atomic mass is 16.5. The lowest BCUT2D eigenvalue weighted by Crippen LogP contribution is -2.19. The monoisotopic (exact) mass is 237 g/mol. The fourth-order valence-electron chi connectivity index (χ4n) is 1.31. The SMILES string of the molecule is CC(COC(=O)c1cc2occc2[nH]1)C(=O)O. The lowest BCUT2D eigenvalue weighted by molar-refractivity contribution is -0.142. The first-order chi connectivity index (χ1) is 8.08. The smallest absolute Gasteiger partial charge is 0.354 e. The van der Waals surface area contributed by atoms with Gasteiger partial charge in [0.2, 0.25) is 0 Å². The maximum absolute atomic E-state index is 11.6. The summed E-state index contributed by atoms with van der Waals surface area (Å²) in [6.07, 6.45) is 1.50. The number of aliphatic carboxylic acids is 1. The van der Waals surface area contributed by atoms with Crippen LogP contribution in [0.3, 0.4) is 0 Å². The Morgan fingerprint density at radius 2 is 2.35 bits per heavy atom. The van der Waals surface area contributed by atoms with Crippen molar-refractivity contribution in [2.75, 3.05) is 6.61 Å². The summed E-state index contributed by atoms with van der Waals surface area (Å²) < 4.78 is 9.94. The van der Waals surface area contributed by atoms with Crippen molar-refractivity contribution in [1.82, 2.24) is 4.98 Å². The molecule has 0 spiro atoms. The Morgan fingerprint density at radius 3 is 3.00 bits per heavy atom. The Hall–Kier alpha value is -2.24. The Balaban J connectivity index is 2.01. The van der Waals surface area contributed by atoms with Gasteiger partial charge in [-0.05, 0) is 6.92 Å². The number of carbonyl (C=O) groups is 2. The molecular weight excluding hydrogens is 226 g/mol. The molecule has 2 rings (SSSR count). The first kappa shape index (κ1) is 11.3. The van der Waals surface area contributed by atoms with E-state index in [1.54, 1.807) is 6.07 Å². The molecule has 0 aliphatic carbocycles. The third-order valence-corrected chi connectivity index (χ3v) is 2.35. The summed E-state index contributed by atoms with van der Waals surface area (Å²) in [6, 6.07) is 3.20. The van der Waals surface area contributed by atoms with Gasteiger partial charge in [-0.25, -0.2) is 4.79 Å². The van der Waals surface area contributed by atoms with Gasteiger partial charge in [0, 0.05) is 12.1 Å². The van der Waals surface area contributed by atoms with E-state index in [1.807, 2.05) is 0 Å². The van der Waals surface area contributed by atoms with E-state index < -0.39 is 17.9 Å². The second kappa shape index (κ2) is 4.32. The molecule has 1 unspecified atom stereocenters. The molecule has 0 bridgehead atoms. The molecule has 2 aromatic rings. The van der Waals surface area contributed by atoms with Gasteiger partial charge in [-0.2, -0.15) is 0 Å². The van der Waals surface area contributed by atoms with Crippen LogP contribution in [-0.2, 0) is 9.53 Å². The second-order valence-corrected chi connectivity index (χ2v) is 3.72. The summed E-state index contributed by atoms with van der Waals surface area (Å²) in [7, 11) is 0. The molecule has 17 heavy (non-hydrogen) atoms. The summed E-state index contributed by atoms with van der Waals surface area (Å²) in [4.78, 5) is 24.9. The molecular formula is C11H11NO5. The van der Waals surface area contributed by atoms with Crippen LogP contribution in [0.15, 0.2) is 22.8 Å². The van der Waals surface area contributed by atoms with Crippen LogP contribution in [0.5, 0.6) is 0 Å². The quantitative estimate of drug-likeness (QED) is 0.788. The van der Waals surface area contributed by atoms with Crippen molar-refractivity contribution in [3.05, 3.63) is 24.1 Å². The molecule has 1 atom stereocenters. The van der Waals surface area contributed by atoms with E-state index in [0.29, 0.717) is 11.1 Å². The number of ether oxygens (including phenoxy) is 1. The second-order valence-electron chi connectivity index (χ2n) is 3.72.